The number of Topliss-reactive ketones (excluding diaryl/α,β-unsaturated/α-hetero) is 2. The number of hydrogen-bond acceptors (Lipinski definition) is 9. The van der Waals surface area contributed by atoms with E-state index in [1.54, 1.807) is 7.11 Å². The molecule has 10 heteroatoms. The SMILES string of the molecule is COc1cc(CN(C)C)cc(-c2cc(C(C)(C)C)c(O)c3c2C[C@H]2C[C@H]4CC(=O)C(C(N)=O)=C(O)[C@@]4(O)C(=O)C2=C3O)c1. The normalized spacial score (nSPS) is 23.7. The van der Waals surface area contributed by atoms with Crippen LogP contribution in [-0.4, -0.2) is 69.6 Å². The van der Waals surface area contributed by atoms with E-state index < -0.39 is 57.4 Å². The molecule has 43 heavy (non-hydrogen) atoms. The van der Waals surface area contributed by atoms with Gasteiger partial charge in [-0.2, -0.15) is 0 Å². The molecule has 1 fully saturated rings. The van der Waals surface area contributed by atoms with E-state index in [0.717, 1.165) is 16.7 Å². The molecule has 3 aliphatic carbocycles. The molecule has 0 spiro atoms. The van der Waals surface area contributed by atoms with E-state index in [1.807, 2.05) is 64.0 Å². The summed E-state index contributed by atoms with van der Waals surface area (Å²) in [5.74, 6) is -5.83. The van der Waals surface area contributed by atoms with Crippen molar-refractivity contribution < 1.29 is 39.5 Å². The van der Waals surface area contributed by atoms with Crippen molar-refractivity contribution in [1.82, 2.24) is 4.90 Å². The summed E-state index contributed by atoms with van der Waals surface area (Å²) in [5.41, 5.74) is 4.89. The number of benzene rings is 2. The van der Waals surface area contributed by atoms with Gasteiger partial charge in [0.15, 0.2) is 11.4 Å². The molecule has 0 radical (unpaired) electrons. The lowest BCUT2D eigenvalue weighted by molar-refractivity contribution is -0.147. The summed E-state index contributed by atoms with van der Waals surface area (Å²) in [4.78, 5) is 40.6. The highest BCUT2D eigenvalue weighted by atomic mass is 16.5. The van der Waals surface area contributed by atoms with Gasteiger partial charge in [0.25, 0.3) is 5.91 Å². The van der Waals surface area contributed by atoms with Crippen molar-refractivity contribution in [3.05, 3.63) is 63.4 Å². The van der Waals surface area contributed by atoms with Crippen molar-refractivity contribution in [1.29, 1.82) is 0 Å². The molecule has 0 unspecified atom stereocenters. The van der Waals surface area contributed by atoms with E-state index in [-0.39, 0.29) is 36.1 Å². The standard InChI is InChI=1S/C33H38N2O8/c1-32(2,3)22-13-20(16-7-15(14-35(4)5)8-19(10-16)43-6)21-11-17-9-18-12-23(36)26(31(34)41)30(40)33(18,42)29(39)24(17)28(38)25(21)27(22)37/h7-8,10,13,17-18,37-38,40,42H,9,11-12,14H2,1-6H3,(H2,34,41)/t17-,18+,33+/m1/s1. The molecule has 5 rings (SSSR count). The van der Waals surface area contributed by atoms with E-state index in [2.05, 4.69) is 0 Å². The van der Waals surface area contributed by atoms with Crippen LogP contribution in [0, 0.1) is 11.8 Å². The van der Waals surface area contributed by atoms with Gasteiger partial charge in [-0.15, -0.1) is 0 Å². The van der Waals surface area contributed by atoms with Crippen molar-refractivity contribution in [2.45, 2.75) is 57.6 Å². The third-order valence-electron chi connectivity index (χ3n) is 8.88. The summed E-state index contributed by atoms with van der Waals surface area (Å²) >= 11 is 0. The van der Waals surface area contributed by atoms with Gasteiger partial charge in [-0.05, 0) is 84.8 Å². The van der Waals surface area contributed by atoms with E-state index in [0.29, 0.717) is 23.4 Å². The molecule has 3 atom stereocenters. The number of amides is 1. The van der Waals surface area contributed by atoms with Crippen LogP contribution in [0.3, 0.4) is 0 Å². The first-order valence-electron chi connectivity index (χ1n) is 14.2. The number of phenolic OH excluding ortho intramolecular Hbond substituents is 1. The Balaban J connectivity index is 1.79. The average molecular weight is 591 g/mol. The van der Waals surface area contributed by atoms with Crippen molar-refractivity contribution in [2.24, 2.45) is 17.6 Å². The van der Waals surface area contributed by atoms with Gasteiger partial charge in [-0.25, -0.2) is 0 Å². The van der Waals surface area contributed by atoms with Crippen molar-refractivity contribution in [3.8, 4) is 22.6 Å². The van der Waals surface area contributed by atoms with Gasteiger partial charge in [-0.1, -0.05) is 20.8 Å². The molecule has 1 amide bonds. The zero-order chi connectivity index (χ0) is 31.8. The number of methoxy groups -OCH3 is 1. The monoisotopic (exact) mass is 590 g/mol. The third kappa shape index (κ3) is 4.69. The Bertz CT molecular complexity index is 1640. The first kappa shape index (κ1) is 30.3. The Hall–Kier alpha value is -4.15. The van der Waals surface area contributed by atoms with Gasteiger partial charge < -0.3 is 35.8 Å². The largest absolute Gasteiger partial charge is 0.508 e. The third-order valence-corrected chi connectivity index (χ3v) is 8.88. The molecule has 228 valence electrons. The zero-order valence-electron chi connectivity index (χ0n) is 25.2. The summed E-state index contributed by atoms with van der Waals surface area (Å²) in [6.07, 6.45) is -0.0944. The van der Waals surface area contributed by atoms with Crippen LogP contribution in [-0.2, 0) is 32.8 Å². The molecule has 0 heterocycles. The number of ether oxygens (including phenoxy) is 1. The molecule has 1 saturated carbocycles. The van der Waals surface area contributed by atoms with Crippen LogP contribution in [0.4, 0.5) is 0 Å². The van der Waals surface area contributed by atoms with E-state index >= 15 is 0 Å². The lowest BCUT2D eigenvalue weighted by Gasteiger charge is -2.46. The lowest BCUT2D eigenvalue weighted by atomic mass is 9.59. The Morgan fingerprint density at radius 1 is 1.09 bits per heavy atom. The predicted octanol–water partition coefficient (Wildman–Crippen LogP) is 3.46. The number of nitrogens with zero attached hydrogens (tertiary/aromatic N) is 1. The quantitative estimate of drug-likeness (QED) is 0.327. The van der Waals surface area contributed by atoms with Gasteiger partial charge in [0, 0.05) is 30.0 Å². The second-order valence-electron chi connectivity index (χ2n) is 13.1. The number of carbonyl (C=O) groups excluding carboxylic acids is 3. The number of ketones is 2. The summed E-state index contributed by atoms with van der Waals surface area (Å²) in [7, 11) is 5.50. The maximum atomic E-state index is 14.0. The number of rotatable bonds is 5. The van der Waals surface area contributed by atoms with Crippen LogP contribution in [0.25, 0.3) is 16.9 Å². The molecule has 0 saturated heterocycles. The number of hydrogen-bond donors (Lipinski definition) is 5. The molecule has 6 N–H and O–H groups in total. The Morgan fingerprint density at radius 2 is 1.77 bits per heavy atom. The van der Waals surface area contributed by atoms with E-state index in [1.165, 1.54) is 0 Å². The molecule has 2 aromatic carbocycles. The van der Waals surface area contributed by atoms with E-state index in [4.69, 9.17) is 10.5 Å². The highest BCUT2D eigenvalue weighted by Gasteiger charge is 2.60. The number of aromatic hydroxyl groups is 1. The lowest BCUT2D eigenvalue weighted by Crippen LogP contribution is -2.58. The number of phenols is 1. The van der Waals surface area contributed by atoms with Crippen LogP contribution in [0.2, 0.25) is 0 Å². The minimum absolute atomic E-state index is 0.0636. The summed E-state index contributed by atoms with van der Waals surface area (Å²) in [6.45, 7) is 6.40. The van der Waals surface area contributed by atoms with Crippen LogP contribution < -0.4 is 10.5 Å². The van der Waals surface area contributed by atoms with Crippen LogP contribution in [0.15, 0.2) is 41.2 Å². The molecule has 2 aromatic rings. The molecule has 0 aliphatic heterocycles. The first-order valence-corrected chi connectivity index (χ1v) is 14.2. The highest BCUT2D eigenvalue weighted by molar-refractivity contribution is 6.22. The number of nitrogens with two attached hydrogens (primary N) is 1. The highest BCUT2D eigenvalue weighted by Crippen LogP contribution is 2.54. The van der Waals surface area contributed by atoms with Gasteiger partial charge in [0.2, 0.25) is 5.78 Å². The fraction of sp³-hybridized carbons (Fsp3) is 0.424. The Morgan fingerprint density at radius 3 is 2.35 bits per heavy atom. The van der Waals surface area contributed by atoms with Crippen LogP contribution >= 0.6 is 0 Å². The van der Waals surface area contributed by atoms with Gasteiger partial charge >= 0.3 is 0 Å². The summed E-state index contributed by atoms with van der Waals surface area (Å²) in [5, 5.41) is 45.8. The van der Waals surface area contributed by atoms with E-state index in [9.17, 15) is 34.8 Å². The first-order chi connectivity index (χ1) is 20.0. The van der Waals surface area contributed by atoms with Gasteiger partial charge in [0.05, 0.1) is 12.7 Å². The number of fused-ring (bicyclic) bond motifs is 3. The predicted molar refractivity (Wildman–Crippen MR) is 159 cm³/mol. The molecule has 0 aromatic heterocycles. The molecular formula is C33H38N2O8. The maximum Gasteiger partial charge on any atom is 0.255 e. The summed E-state index contributed by atoms with van der Waals surface area (Å²) in [6, 6.07) is 7.75. The van der Waals surface area contributed by atoms with Gasteiger partial charge in [0.1, 0.15) is 28.6 Å². The second kappa shape index (κ2) is 10.2. The fourth-order valence-electron chi connectivity index (χ4n) is 6.91. The minimum Gasteiger partial charge on any atom is -0.508 e. The molecular weight excluding hydrogens is 552 g/mol. The van der Waals surface area contributed by atoms with Gasteiger partial charge in [-0.3, -0.25) is 14.4 Å². The average Bonchev–Trinajstić information content (AvgIpc) is 2.89. The Kier molecular flexibility index (Phi) is 7.22. The topological polar surface area (TPSA) is 171 Å². The number of aliphatic hydroxyl groups excluding tert-OH is 2. The zero-order valence-corrected chi connectivity index (χ0v) is 25.2. The van der Waals surface area contributed by atoms with Crippen LogP contribution in [0.1, 0.15) is 55.9 Å². The second-order valence-corrected chi connectivity index (χ2v) is 13.1. The molecule has 0 bridgehead atoms. The smallest absolute Gasteiger partial charge is 0.255 e. The van der Waals surface area contributed by atoms with Crippen molar-refractivity contribution in [3.63, 3.8) is 0 Å². The molecule has 10 nitrogen and oxygen atoms in total. The van der Waals surface area contributed by atoms with Crippen molar-refractivity contribution >= 4 is 23.2 Å². The fourth-order valence-corrected chi connectivity index (χ4v) is 6.91. The number of carbonyl (C=O) groups is 3. The minimum atomic E-state index is -2.61. The summed E-state index contributed by atoms with van der Waals surface area (Å²) < 4.78 is 5.61. The number of primary amides is 1. The van der Waals surface area contributed by atoms with Crippen LogP contribution in [0.5, 0.6) is 11.5 Å². The maximum absolute atomic E-state index is 14.0. The molecule has 3 aliphatic rings. The Labute approximate surface area is 250 Å². The van der Waals surface area contributed by atoms with Crippen molar-refractivity contribution in [2.75, 3.05) is 21.2 Å². The number of aliphatic hydroxyl groups is 3.